The van der Waals surface area contributed by atoms with E-state index in [1.165, 1.54) is 6.08 Å². The van der Waals surface area contributed by atoms with E-state index >= 15 is 0 Å². The normalized spacial score (nSPS) is 20.3. The highest BCUT2D eigenvalue weighted by Gasteiger charge is 2.37. The molecule has 0 spiro atoms. The van der Waals surface area contributed by atoms with Crippen LogP contribution in [0.3, 0.4) is 0 Å². The average Bonchev–Trinajstić information content (AvgIpc) is 3.01. The van der Waals surface area contributed by atoms with Gasteiger partial charge in [-0.1, -0.05) is 0 Å². The molecule has 0 unspecified atom stereocenters. The highest BCUT2D eigenvalue weighted by Crippen LogP contribution is 2.34. The van der Waals surface area contributed by atoms with Gasteiger partial charge in [-0.2, -0.15) is 0 Å². The Balaban J connectivity index is 1.70. The lowest BCUT2D eigenvalue weighted by atomic mass is 10.1. The van der Waals surface area contributed by atoms with Crippen LogP contribution in [0, 0.1) is 0 Å². The van der Waals surface area contributed by atoms with Crippen molar-refractivity contribution in [3.05, 3.63) is 25.9 Å². The average molecular weight is 478 g/mol. The predicted octanol–water partition coefficient (Wildman–Crippen LogP) is 3.85. The van der Waals surface area contributed by atoms with E-state index in [-0.39, 0.29) is 17.4 Å². The summed E-state index contributed by atoms with van der Waals surface area (Å²) in [7, 11) is 0. The Morgan fingerprint density at radius 2 is 1.96 bits per heavy atom. The number of likely N-dealkylation sites (tertiary alicyclic amines) is 1. The Bertz CT molecular complexity index is 706. The first-order valence-corrected chi connectivity index (χ1v) is 9.84. The summed E-state index contributed by atoms with van der Waals surface area (Å²) < 4.78 is 6.62. The van der Waals surface area contributed by atoms with Crippen LogP contribution in [0.25, 0.3) is 6.08 Å². The number of carbonyl (C=O) groups is 3. The maximum Gasteiger partial charge on any atom is 0.294 e. The molecule has 3 amide bonds. The molecule has 2 fully saturated rings. The van der Waals surface area contributed by atoms with E-state index in [1.807, 2.05) is 0 Å². The molecule has 2 aliphatic rings. The molecule has 3 rings (SSSR count). The van der Waals surface area contributed by atoms with E-state index in [2.05, 4.69) is 31.9 Å². The number of hydrogen-bond acceptors (Lipinski definition) is 5. The quantitative estimate of drug-likeness (QED) is 0.618. The maximum atomic E-state index is 12.4. The zero-order valence-electron chi connectivity index (χ0n) is 12.6. The third kappa shape index (κ3) is 3.78. The number of halogens is 2. The van der Waals surface area contributed by atoms with Gasteiger partial charge in [-0.25, -0.2) is 0 Å². The topological polar surface area (TPSA) is 70.8 Å². The van der Waals surface area contributed by atoms with Crippen molar-refractivity contribution in [2.24, 2.45) is 0 Å². The van der Waals surface area contributed by atoms with E-state index in [0.717, 1.165) is 35.9 Å². The smallest absolute Gasteiger partial charge is 0.294 e. The highest BCUT2D eigenvalue weighted by molar-refractivity contribution is 9.13. The van der Waals surface area contributed by atoms with E-state index in [9.17, 15) is 14.4 Å². The zero-order valence-corrected chi connectivity index (χ0v) is 16.6. The van der Waals surface area contributed by atoms with Gasteiger partial charge in [0.15, 0.2) is 4.67 Å². The third-order valence-corrected chi connectivity index (χ3v) is 6.43. The van der Waals surface area contributed by atoms with Gasteiger partial charge in [0.25, 0.3) is 11.1 Å². The molecule has 1 aromatic rings. The summed E-state index contributed by atoms with van der Waals surface area (Å²) in [6.07, 6.45) is 4.56. The lowest BCUT2D eigenvalue weighted by molar-refractivity contribution is -0.136. The molecule has 1 aromatic heterocycles. The lowest BCUT2D eigenvalue weighted by Gasteiger charge is -2.27. The maximum absolute atomic E-state index is 12.4. The van der Waals surface area contributed by atoms with E-state index < -0.39 is 11.1 Å². The Labute approximate surface area is 159 Å². The van der Waals surface area contributed by atoms with Crippen LogP contribution < -0.4 is 0 Å². The number of furan rings is 1. The molecule has 9 heteroatoms. The molecule has 0 atom stereocenters. The fourth-order valence-corrected chi connectivity index (χ4v) is 4.00. The third-order valence-electron chi connectivity index (χ3n) is 3.81. The second kappa shape index (κ2) is 7.45. The largest absolute Gasteiger partial charge is 0.449 e. The van der Waals surface area contributed by atoms with Crippen molar-refractivity contribution >= 4 is 66.8 Å². The minimum Gasteiger partial charge on any atom is -0.449 e. The molecular weight excluding hydrogens is 464 g/mol. The fourth-order valence-electron chi connectivity index (χ4n) is 2.58. The van der Waals surface area contributed by atoms with Crippen LogP contribution in [-0.4, -0.2) is 46.5 Å². The molecule has 0 radical (unpaired) electrons. The number of carbonyl (C=O) groups excluding carboxylic acids is 3. The van der Waals surface area contributed by atoms with Gasteiger partial charge in [0.05, 0.1) is 9.38 Å². The van der Waals surface area contributed by atoms with Crippen LogP contribution in [0.2, 0.25) is 0 Å². The Morgan fingerprint density at radius 3 is 2.58 bits per heavy atom. The predicted molar refractivity (Wildman–Crippen MR) is 97.2 cm³/mol. The monoisotopic (exact) mass is 476 g/mol. The summed E-state index contributed by atoms with van der Waals surface area (Å²) in [6, 6.07) is 1.69. The Hall–Kier alpha value is -1.06. The van der Waals surface area contributed by atoms with Crippen LogP contribution in [-0.2, 0) is 9.59 Å². The number of nitrogens with zero attached hydrogens (tertiary/aromatic N) is 2. The van der Waals surface area contributed by atoms with Gasteiger partial charge in [-0.05, 0) is 69.0 Å². The van der Waals surface area contributed by atoms with Crippen molar-refractivity contribution in [1.29, 1.82) is 0 Å². The molecule has 2 saturated heterocycles. The van der Waals surface area contributed by atoms with Crippen molar-refractivity contribution in [1.82, 2.24) is 9.80 Å². The Kier molecular flexibility index (Phi) is 5.51. The summed E-state index contributed by atoms with van der Waals surface area (Å²) in [5.41, 5.74) is 0. The van der Waals surface area contributed by atoms with Crippen molar-refractivity contribution in [2.75, 3.05) is 19.6 Å². The Morgan fingerprint density at radius 1 is 1.25 bits per heavy atom. The standard InChI is InChI=1S/C15H14Br2N2O4S/c16-10-6-9(23-13(10)17)7-11-14(21)19(15(22)24-11)8-12(20)18-4-2-1-3-5-18/h6-7H,1-5,8H2. The second-order valence-electron chi connectivity index (χ2n) is 5.48. The van der Waals surface area contributed by atoms with E-state index in [1.54, 1.807) is 11.0 Å². The number of hydrogen-bond donors (Lipinski definition) is 0. The van der Waals surface area contributed by atoms with Crippen molar-refractivity contribution in [3.63, 3.8) is 0 Å². The first-order chi connectivity index (χ1) is 11.5. The number of imide groups is 1. The van der Waals surface area contributed by atoms with Crippen LogP contribution in [0.15, 0.2) is 24.5 Å². The first kappa shape index (κ1) is 17.8. The molecule has 0 saturated carbocycles. The van der Waals surface area contributed by atoms with E-state index in [4.69, 9.17) is 4.42 Å². The van der Waals surface area contributed by atoms with Gasteiger partial charge in [0, 0.05) is 19.2 Å². The van der Waals surface area contributed by atoms with Gasteiger partial charge in [-0.15, -0.1) is 0 Å². The molecule has 2 aliphatic heterocycles. The van der Waals surface area contributed by atoms with Crippen LogP contribution in [0.5, 0.6) is 0 Å². The summed E-state index contributed by atoms with van der Waals surface area (Å²) in [5.74, 6) is -0.192. The molecule has 0 N–H and O–H groups in total. The van der Waals surface area contributed by atoms with Gasteiger partial charge >= 0.3 is 0 Å². The number of thioether (sulfide) groups is 1. The lowest BCUT2D eigenvalue weighted by Crippen LogP contribution is -2.44. The SMILES string of the molecule is O=C(CN1C(=O)SC(=Cc2cc(Br)c(Br)o2)C1=O)N1CCCCC1. The number of amides is 3. The van der Waals surface area contributed by atoms with Crippen LogP contribution in [0.1, 0.15) is 25.0 Å². The van der Waals surface area contributed by atoms with Crippen molar-refractivity contribution in [2.45, 2.75) is 19.3 Å². The second-order valence-corrected chi connectivity index (χ2v) is 8.05. The van der Waals surface area contributed by atoms with Crippen molar-refractivity contribution in [3.8, 4) is 0 Å². The van der Waals surface area contributed by atoms with Gasteiger partial charge < -0.3 is 9.32 Å². The molecular formula is C15H14Br2N2O4S. The summed E-state index contributed by atoms with van der Waals surface area (Å²) >= 11 is 7.33. The summed E-state index contributed by atoms with van der Waals surface area (Å²) in [5, 5.41) is -0.429. The minimum atomic E-state index is -0.459. The molecule has 3 heterocycles. The zero-order chi connectivity index (χ0) is 17.3. The van der Waals surface area contributed by atoms with Gasteiger partial charge in [0.1, 0.15) is 12.3 Å². The summed E-state index contributed by atoms with van der Waals surface area (Å²) in [4.78, 5) is 39.7. The van der Waals surface area contributed by atoms with Gasteiger partial charge in [-0.3, -0.25) is 19.3 Å². The molecule has 6 nitrogen and oxygen atoms in total. The minimum absolute atomic E-state index is 0.179. The molecule has 0 aliphatic carbocycles. The number of piperidine rings is 1. The van der Waals surface area contributed by atoms with Crippen molar-refractivity contribution < 1.29 is 18.8 Å². The highest BCUT2D eigenvalue weighted by atomic mass is 79.9. The molecule has 128 valence electrons. The van der Waals surface area contributed by atoms with Crippen LogP contribution >= 0.6 is 43.6 Å². The molecule has 0 bridgehead atoms. The van der Waals surface area contributed by atoms with Crippen LogP contribution in [0.4, 0.5) is 4.79 Å². The fraction of sp³-hybridized carbons (Fsp3) is 0.400. The number of rotatable bonds is 3. The molecule has 24 heavy (non-hydrogen) atoms. The summed E-state index contributed by atoms with van der Waals surface area (Å²) in [6.45, 7) is 1.19. The first-order valence-electron chi connectivity index (χ1n) is 7.43. The molecule has 0 aromatic carbocycles. The van der Waals surface area contributed by atoms with Gasteiger partial charge in [0.2, 0.25) is 5.91 Å². The van der Waals surface area contributed by atoms with E-state index in [0.29, 0.717) is 28.0 Å².